The maximum absolute atomic E-state index is 12.5. The van der Waals surface area contributed by atoms with Crippen molar-refractivity contribution in [2.75, 3.05) is 27.3 Å². The summed E-state index contributed by atoms with van der Waals surface area (Å²) in [7, 11) is 2.61. The zero-order valence-corrected chi connectivity index (χ0v) is 14.3. The molecule has 0 aromatic heterocycles. The molecule has 0 spiro atoms. The molecule has 1 atom stereocenters. The molecule has 0 radical (unpaired) electrons. The van der Waals surface area contributed by atoms with E-state index in [1.165, 1.54) is 26.4 Å². The SMILES string of the molecule is COc1cc(C(=O)NC2CCCNC2)cc(OC)c1OC(F)F.Cl. The molecule has 0 aliphatic carbocycles. The number of nitrogens with one attached hydrogen (secondary N) is 2. The lowest BCUT2D eigenvalue weighted by Crippen LogP contribution is -2.45. The molecule has 9 heteroatoms. The second kappa shape index (κ2) is 9.48. The topological polar surface area (TPSA) is 68.8 Å². The standard InChI is InChI=1S/C15H20F2N2O4.ClH/c1-21-11-6-9(7-12(22-2)13(11)23-15(16)17)14(20)19-10-4-3-5-18-8-10;/h6-7,10,15,18H,3-5,8H2,1-2H3,(H,19,20);1H. The predicted octanol–water partition coefficient (Wildman–Crippen LogP) is 2.21. The summed E-state index contributed by atoms with van der Waals surface area (Å²) < 4.78 is 39.5. The molecule has 0 bridgehead atoms. The highest BCUT2D eigenvalue weighted by molar-refractivity contribution is 5.95. The van der Waals surface area contributed by atoms with E-state index in [4.69, 9.17) is 9.47 Å². The number of hydrogen-bond acceptors (Lipinski definition) is 5. The number of piperidine rings is 1. The Morgan fingerprint density at radius 3 is 2.38 bits per heavy atom. The molecule has 6 nitrogen and oxygen atoms in total. The summed E-state index contributed by atoms with van der Waals surface area (Å²) in [5.41, 5.74) is 0.255. The highest BCUT2D eigenvalue weighted by Crippen LogP contribution is 2.39. The molecule has 2 rings (SSSR count). The van der Waals surface area contributed by atoms with Gasteiger partial charge in [0.25, 0.3) is 5.91 Å². The van der Waals surface area contributed by atoms with Crippen molar-refractivity contribution >= 4 is 18.3 Å². The molecule has 1 aromatic carbocycles. The lowest BCUT2D eigenvalue weighted by atomic mass is 10.1. The van der Waals surface area contributed by atoms with Gasteiger partial charge in [0.2, 0.25) is 5.75 Å². The summed E-state index contributed by atoms with van der Waals surface area (Å²) in [6.07, 6.45) is 1.87. The van der Waals surface area contributed by atoms with Gasteiger partial charge in [0.15, 0.2) is 11.5 Å². The quantitative estimate of drug-likeness (QED) is 0.808. The van der Waals surface area contributed by atoms with Gasteiger partial charge in [-0.3, -0.25) is 4.79 Å². The number of amides is 1. The van der Waals surface area contributed by atoms with Crippen molar-refractivity contribution in [2.24, 2.45) is 0 Å². The van der Waals surface area contributed by atoms with E-state index < -0.39 is 6.61 Å². The molecule has 1 fully saturated rings. The van der Waals surface area contributed by atoms with E-state index >= 15 is 0 Å². The summed E-state index contributed by atoms with van der Waals surface area (Å²) in [5, 5.41) is 6.10. The second-order valence-electron chi connectivity index (χ2n) is 5.11. The van der Waals surface area contributed by atoms with Crippen molar-refractivity contribution in [3.05, 3.63) is 17.7 Å². The van der Waals surface area contributed by atoms with E-state index in [0.717, 1.165) is 19.4 Å². The number of alkyl halides is 2. The van der Waals surface area contributed by atoms with Crippen LogP contribution in [0.4, 0.5) is 8.78 Å². The molecule has 1 amide bonds. The van der Waals surface area contributed by atoms with Gasteiger partial charge >= 0.3 is 6.61 Å². The third kappa shape index (κ3) is 5.10. The van der Waals surface area contributed by atoms with E-state index in [1.54, 1.807) is 0 Å². The lowest BCUT2D eigenvalue weighted by Gasteiger charge is -2.24. The first-order valence-corrected chi connectivity index (χ1v) is 7.27. The Hall–Kier alpha value is -1.80. The lowest BCUT2D eigenvalue weighted by molar-refractivity contribution is -0.0526. The fraction of sp³-hybridized carbons (Fsp3) is 0.533. The first-order chi connectivity index (χ1) is 11.0. The highest BCUT2D eigenvalue weighted by Gasteiger charge is 2.22. The summed E-state index contributed by atoms with van der Waals surface area (Å²) >= 11 is 0. The smallest absolute Gasteiger partial charge is 0.387 e. The number of hydrogen-bond donors (Lipinski definition) is 2. The van der Waals surface area contributed by atoms with Gasteiger partial charge in [-0.15, -0.1) is 12.4 Å². The van der Waals surface area contributed by atoms with Crippen molar-refractivity contribution < 1.29 is 27.8 Å². The third-order valence-corrected chi connectivity index (χ3v) is 3.56. The minimum Gasteiger partial charge on any atom is -0.493 e. The summed E-state index contributed by atoms with van der Waals surface area (Å²) in [6.45, 7) is -1.38. The van der Waals surface area contributed by atoms with E-state index in [9.17, 15) is 13.6 Å². The average molecular weight is 367 g/mol. The first-order valence-electron chi connectivity index (χ1n) is 7.27. The maximum Gasteiger partial charge on any atom is 0.387 e. The van der Waals surface area contributed by atoms with Crippen LogP contribution in [0.15, 0.2) is 12.1 Å². The molecule has 1 aliphatic rings. The third-order valence-electron chi connectivity index (χ3n) is 3.56. The Bertz CT molecular complexity index is 529. The van der Waals surface area contributed by atoms with Gasteiger partial charge in [-0.05, 0) is 31.5 Å². The van der Waals surface area contributed by atoms with Crippen LogP contribution in [0.5, 0.6) is 17.2 Å². The van der Waals surface area contributed by atoms with Crippen molar-refractivity contribution in [3.8, 4) is 17.2 Å². The van der Waals surface area contributed by atoms with Crippen LogP contribution in [-0.4, -0.2) is 45.9 Å². The van der Waals surface area contributed by atoms with Crippen LogP contribution in [-0.2, 0) is 0 Å². The van der Waals surface area contributed by atoms with Crippen LogP contribution in [0.2, 0.25) is 0 Å². The van der Waals surface area contributed by atoms with Gasteiger partial charge in [0, 0.05) is 18.2 Å². The van der Waals surface area contributed by atoms with Gasteiger partial charge in [0.1, 0.15) is 0 Å². The Balaban J connectivity index is 0.00000288. The van der Waals surface area contributed by atoms with Crippen molar-refractivity contribution in [3.63, 3.8) is 0 Å². The Morgan fingerprint density at radius 1 is 1.29 bits per heavy atom. The molecule has 1 aromatic rings. The van der Waals surface area contributed by atoms with E-state index in [-0.39, 0.29) is 47.2 Å². The zero-order chi connectivity index (χ0) is 16.8. The van der Waals surface area contributed by atoms with Crippen molar-refractivity contribution in [1.29, 1.82) is 0 Å². The monoisotopic (exact) mass is 366 g/mol. The Kier molecular flexibility index (Phi) is 8.00. The molecule has 1 aliphatic heterocycles. The molecule has 136 valence electrons. The summed E-state index contributed by atoms with van der Waals surface area (Å²) in [5.74, 6) is -0.534. The van der Waals surface area contributed by atoms with Gasteiger partial charge < -0.3 is 24.8 Å². The molecule has 2 N–H and O–H groups in total. The van der Waals surface area contributed by atoms with Gasteiger partial charge in [-0.25, -0.2) is 0 Å². The minimum absolute atomic E-state index is 0. The summed E-state index contributed by atoms with van der Waals surface area (Å²) in [4.78, 5) is 12.3. The predicted molar refractivity (Wildman–Crippen MR) is 86.8 cm³/mol. The van der Waals surface area contributed by atoms with Crippen molar-refractivity contribution in [2.45, 2.75) is 25.5 Å². The summed E-state index contributed by atoms with van der Waals surface area (Å²) in [6, 6.07) is 2.74. The van der Waals surface area contributed by atoms with E-state index in [1.807, 2.05) is 0 Å². The highest BCUT2D eigenvalue weighted by atomic mass is 35.5. The van der Waals surface area contributed by atoms with Crippen LogP contribution in [0.1, 0.15) is 23.2 Å². The average Bonchev–Trinajstić information content (AvgIpc) is 2.55. The van der Waals surface area contributed by atoms with Gasteiger partial charge in [-0.2, -0.15) is 8.78 Å². The number of methoxy groups -OCH3 is 2. The number of halogens is 3. The van der Waals surface area contributed by atoms with Crippen LogP contribution in [0.3, 0.4) is 0 Å². The molecule has 24 heavy (non-hydrogen) atoms. The van der Waals surface area contributed by atoms with Gasteiger partial charge in [0.05, 0.1) is 14.2 Å². The number of benzene rings is 1. The zero-order valence-electron chi connectivity index (χ0n) is 13.4. The van der Waals surface area contributed by atoms with Crippen LogP contribution in [0, 0.1) is 0 Å². The molecular formula is C15H21ClF2N2O4. The second-order valence-corrected chi connectivity index (χ2v) is 5.11. The van der Waals surface area contributed by atoms with Crippen LogP contribution in [0.25, 0.3) is 0 Å². The molecular weight excluding hydrogens is 346 g/mol. The van der Waals surface area contributed by atoms with Crippen molar-refractivity contribution in [1.82, 2.24) is 10.6 Å². The number of rotatable bonds is 6. The number of carbonyl (C=O) groups excluding carboxylic acids is 1. The Morgan fingerprint density at radius 2 is 1.92 bits per heavy atom. The Labute approximate surface area is 145 Å². The fourth-order valence-corrected chi connectivity index (χ4v) is 2.46. The minimum atomic E-state index is -3.02. The maximum atomic E-state index is 12.5. The molecule has 1 unspecified atom stereocenters. The van der Waals surface area contributed by atoms with E-state index in [2.05, 4.69) is 15.4 Å². The first kappa shape index (κ1) is 20.2. The largest absolute Gasteiger partial charge is 0.493 e. The molecule has 1 saturated heterocycles. The van der Waals surface area contributed by atoms with E-state index in [0.29, 0.717) is 6.54 Å². The van der Waals surface area contributed by atoms with Gasteiger partial charge in [-0.1, -0.05) is 0 Å². The molecule has 1 heterocycles. The fourth-order valence-electron chi connectivity index (χ4n) is 2.46. The molecule has 0 saturated carbocycles. The van der Waals surface area contributed by atoms with Crippen LogP contribution < -0.4 is 24.8 Å². The normalized spacial score (nSPS) is 17.0. The number of ether oxygens (including phenoxy) is 3. The van der Waals surface area contributed by atoms with Crippen LogP contribution >= 0.6 is 12.4 Å². The number of carbonyl (C=O) groups is 1.